The molecule has 0 amide bonds. The normalized spacial score (nSPS) is 10.5. The molecule has 0 saturated carbocycles. The molecule has 13 heavy (non-hydrogen) atoms. The highest BCUT2D eigenvalue weighted by Gasteiger charge is 2.14. The smallest absolute Gasteiger partial charge is 0.181 e. The summed E-state index contributed by atoms with van der Waals surface area (Å²) in [4.78, 5) is 11.1. The lowest BCUT2D eigenvalue weighted by Crippen LogP contribution is -1.92. The molecule has 2 rings (SSSR count). The Morgan fingerprint density at radius 1 is 1.54 bits per heavy atom. The van der Waals surface area contributed by atoms with Gasteiger partial charge in [-0.15, -0.1) is 0 Å². The molecule has 0 aliphatic carbocycles. The molecule has 0 saturated heterocycles. The van der Waals surface area contributed by atoms with Crippen LogP contribution in [0.5, 0.6) is 5.75 Å². The molecule has 1 N–H and O–H groups in total. The maximum Gasteiger partial charge on any atom is 0.181 e. The van der Waals surface area contributed by atoms with Gasteiger partial charge in [-0.3, -0.25) is 4.79 Å². The lowest BCUT2D eigenvalue weighted by atomic mass is 10.1. The van der Waals surface area contributed by atoms with E-state index in [0.29, 0.717) is 11.0 Å². The van der Waals surface area contributed by atoms with E-state index in [-0.39, 0.29) is 17.1 Å². The zero-order chi connectivity index (χ0) is 9.42. The third-order valence-electron chi connectivity index (χ3n) is 1.85. The number of benzene rings is 1. The summed E-state index contributed by atoms with van der Waals surface area (Å²) in [5, 5.41) is 13.6. The molecule has 66 valence electrons. The molecule has 1 aromatic heterocycles. The Kier molecular flexibility index (Phi) is 1.55. The molecule has 0 spiro atoms. The molecule has 4 heteroatoms. The molecule has 0 radical (unpaired) electrons. The van der Waals surface area contributed by atoms with Gasteiger partial charge < -0.3 is 9.63 Å². The molecule has 0 aliphatic rings. The summed E-state index contributed by atoms with van der Waals surface area (Å²) in [5.41, 5.74) is 0.530. The summed E-state index contributed by atoms with van der Waals surface area (Å²) >= 11 is 0. The van der Waals surface area contributed by atoms with Crippen LogP contribution in [0, 0.1) is 0 Å². The lowest BCUT2D eigenvalue weighted by Gasteiger charge is -1.98. The van der Waals surface area contributed by atoms with Crippen molar-refractivity contribution in [2.24, 2.45) is 0 Å². The van der Waals surface area contributed by atoms with Crippen LogP contribution in [0.2, 0.25) is 0 Å². The second kappa shape index (κ2) is 2.58. The Hall–Kier alpha value is -1.84. The molecule has 4 nitrogen and oxygen atoms in total. The quantitative estimate of drug-likeness (QED) is 0.674. The number of phenolic OH excluding ortho intramolecular Hbond substituents is 1. The maximum atomic E-state index is 11.1. The van der Waals surface area contributed by atoms with Crippen LogP contribution in [-0.2, 0) is 0 Å². The number of hydrogen-bond donors (Lipinski definition) is 1. The Morgan fingerprint density at radius 2 is 2.31 bits per heavy atom. The monoisotopic (exact) mass is 177 g/mol. The van der Waals surface area contributed by atoms with Crippen LogP contribution in [0.4, 0.5) is 0 Å². The molecule has 2 aromatic rings. The average Bonchev–Trinajstić information content (AvgIpc) is 2.50. The highest BCUT2D eigenvalue weighted by molar-refractivity contribution is 6.07. The number of aromatic hydroxyl groups is 1. The van der Waals surface area contributed by atoms with Gasteiger partial charge in [-0.2, -0.15) is 0 Å². The predicted octanol–water partition coefficient (Wildman–Crippen LogP) is 1.74. The number of hydrogen-bond acceptors (Lipinski definition) is 4. The summed E-state index contributed by atoms with van der Waals surface area (Å²) in [6, 6.07) is 3.10. The standard InChI is InChI=1S/C9H7NO3/c1-5(11)8-7(12)3-2-6-4-10-13-9(6)8/h2-4,12H,1H3. The number of carbonyl (C=O) groups excluding carboxylic acids is 1. The van der Waals surface area contributed by atoms with Crippen molar-refractivity contribution < 1.29 is 14.4 Å². The minimum absolute atomic E-state index is 0.0725. The zero-order valence-corrected chi connectivity index (χ0v) is 6.94. The van der Waals surface area contributed by atoms with Crippen molar-refractivity contribution >= 4 is 16.8 Å². The van der Waals surface area contributed by atoms with Crippen molar-refractivity contribution in [3.05, 3.63) is 23.9 Å². The number of fused-ring (bicyclic) bond motifs is 1. The molecule has 0 bridgehead atoms. The van der Waals surface area contributed by atoms with Gasteiger partial charge in [0.25, 0.3) is 0 Å². The van der Waals surface area contributed by atoms with Crippen molar-refractivity contribution in [1.82, 2.24) is 5.16 Å². The van der Waals surface area contributed by atoms with Crippen LogP contribution in [0.3, 0.4) is 0 Å². The number of nitrogens with zero attached hydrogens (tertiary/aromatic N) is 1. The third-order valence-corrected chi connectivity index (χ3v) is 1.85. The summed E-state index contributed by atoms with van der Waals surface area (Å²) in [6.45, 7) is 1.37. The minimum atomic E-state index is -0.236. The van der Waals surface area contributed by atoms with Crippen LogP contribution >= 0.6 is 0 Å². The van der Waals surface area contributed by atoms with E-state index in [0.717, 1.165) is 0 Å². The van der Waals surface area contributed by atoms with Gasteiger partial charge in [0, 0.05) is 5.39 Å². The van der Waals surface area contributed by atoms with Gasteiger partial charge in [0.2, 0.25) is 0 Å². The molecule has 1 heterocycles. The second-order valence-corrected chi connectivity index (χ2v) is 2.76. The van der Waals surface area contributed by atoms with Gasteiger partial charge in [-0.1, -0.05) is 5.16 Å². The van der Waals surface area contributed by atoms with E-state index in [9.17, 15) is 9.90 Å². The fourth-order valence-electron chi connectivity index (χ4n) is 1.26. The second-order valence-electron chi connectivity index (χ2n) is 2.76. The van der Waals surface area contributed by atoms with Crippen LogP contribution in [0.15, 0.2) is 22.9 Å². The van der Waals surface area contributed by atoms with Crippen LogP contribution in [0.1, 0.15) is 17.3 Å². The average molecular weight is 177 g/mol. The summed E-state index contributed by atoms with van der Waals surface area (Å²) in [7, 11) is 0. The molecule has 0 atom stereocenters. The Bertz CT molecular complexity index is 473. The molecular weight excluding hydrogens is 170 g/mol. The van der Waals surface area contributed by atoms with Gasteiger partial charge in [0.1, 0.15) is 11.3 Å². The summed E-state index contributed by atoms with van der Waals surface area (Å²) in [5.74, 6) is -0.309. The summed E-state index contributed by atoms with van der Waals surface area (Å²) in [6.07, 6.45) is 1.50. The highest BCUT2D eigenvalue weighted by atomic mass is 16.5. The first kappa shape index (κ1) is 7.79. The fourth-order valence-corrected chi connectivity index (χ4v) is 1.26. The van der Waals surface area contributed by atoms with Gasteiger partial charge in [0.15, 0.2) is 11.4 Å². The number of Topliss-reactive ketones (excluding diaryl/α,β-unsaturated/α-hetero) is 1. The first-order chi connectivity index (χ1) is 6.20. The van der Waals surface area contributed by atoms with Crippen LogP contribution < -0.4 is 0 Å². The van der Waals surface area contributed by atoms with E-state index >= 15 is 0 Å². The highest BCUT2D eigenvalue weighted by Crippen LogP contribution is 2.26. The van der Waals surface area contributed by atoms with Crippen molar-refractivity contribution in [2.75, 3.05) is 0 Å². The summed E-state index contributed by atoms with van der Waals surface area (Å²) < 4.78 is 4.86. The van der Waals surface area contributed by atoms with Gasteiger partial charge in [0.05, 0.1) is 6.20 Å². The van der Waals surface area contributed by atoms with Crippen molar-refractivity contribution in [1.29, 1.82) is 0 Å². The van der Waals surface area contributed by atoms with E-state index < -0.39 is 0 Å². The first-order valence-electron chi connectivity index (χ1n) is 3.77. The van der Waals surface area contributed by atoms with E-state index in [1.54, 1.807) is 6.07 Å². The number of ketones is 1. The Balaban J connectivity index is 2.88. The first-order valence-corrected chi connectivity index (χ1v) is 3.77. The molecular formula is C9H7NO3. The molecule has 0 aliphatic heterocycles. The largest absolute Gasteiger partial charge is 0.507 e. The number of rotatable bonds is 1. The lowest BCUT2D eigenvalue weighted by molar-refractivity contribution is 0.101. The zero-order valence-electron chi connectivity index (χ0n) is 6.94. The van der Waals surface area contributed by atoms with E-state index in [4.69, 9.17) is 4.52 Å². The Morgan fingerprint density at radius 3 is 3.00 bits per heavy atom. The SMILES string of the molecule is CC(=O)c1c(O)ccc2cnoc12. The van der Waals surface area contributed by atoms with E-state index in [1.165, 1.54) is 19.2 Å². The topological polar surface area (TPSA) is 63.3 Å². The predicted molar refractivity (Wildman–Crippen MR) is 45.7 cm³/mol. The van der Waals surface area contributed by atoms with Gasteiger partial charge in [-0.25, -0.2) is 0 Å². The maximum absolute atomic E-state index is 11.1. The number of phenols is 1. The molecule has 0 fully saturated rings. The van der Waals surface area contributed by atoms with E-state index in [2.05, 4.69) is 5.16 Å². The van der Waals surface area contributed by atoms with Crippen molar-refractivity contribution in [3.8, 4) is 5.75 Å². The molecule has 0 unspecified atom stereocenters. The fraction of sp³-hybridized carbons (Fsp3) is 0.111. The molecule has 1 aromatic carbocycles. The van der Waals surface area contributed by atoms with E-state index in [1.807, 2.05) is 0 Å². The van der Waals surface area contributed by atoms with Crippen molar-refractivity contribution in [3.63, 3.8) is 0 Å². The van der Waals surface area contributed by atoms with Crippen molar-refractivity contribution in [2.45, 2.75) is 6.92 Å². The van der Waals surface area contributed by atoms with Gasteiger partial charge >= 0.3 is 0 Å². The number of carbonyl (C=O) groups is 1. The third kappa shape index (κ3) is 1.07. The number of aromatic nitrogens is 1. The van der Waals surface area contributed by atoms with Crippen LogP contribution in [-0.4, -0.2) is 16.0 Å². The van der Waals surface area contributed by atoms with Gasteiger partial charge in [-0.05, 0) is 19.1 Å². The Labute approximate surface area is 73.8 Å². The minimum Gasteiger partial charge on any atom is -0.507 e. The van der Waals surface area contributed by atoms with Crippen LogP contribution in [0.25, 0.3) is 11.0 Å².